The van der Waals surface area contributed by atoms with Crippen molar-refractivity contribution in [3.8, 4) is 11.5 Å². The first kappa shape index (κ1) is 18.1. The van der Waals surface area contributed by atoms with Gasteiger partial charge in [0, 0.05) is 5.02 Å². The molecule has 128 valence electrons. The van der Waals surface area contributed by atoms with Gasteiger partial charge in [-0.15, -0.1) is 0 Å². The molecular formula is C19H22ClNO3. The molecular weight excluding hydrogens is 326 g/mol. The van der Waals surface area contributed by atoms with Gasteiger partial charge in [0.2, 0.25) is 0 Å². The molecule has 4 nitrogen and oxygen atoms in total. The third kappa shape index (κ3) is 5.17. The minimum atomic E-state index is -0.607. The third-order valence-corrected chi connectivity index (χ3v) is 3.93. The predicted octanol–water partition coefficient (Wildman–Crippen LogP) is 3.92. The van der Waals surface area contributed by atoms with Crippen molar-refractivity contribution >= 4 is 17.5 Å². The van der Waals surface area contributed by atoms with E-state index < -0.39 is 6.10 Å². The second-order valence-electron chi connectivity index (χ2n) is 5.55. The summed E-state index contributed by atoms with van der Waals surface area (Å²) in [5, 5.41) is 3.37. The van der Waals surface area contributed by atoms with Gasteiger partial charge < -0.3 is 14.8 Å². The molecule has 2 aromatic carbocycles. The topological polar surface area (TPSA) is 47.6 Å². The number of benzene rings is 2. The Labute approximate surface area is 147 Å². The van der Waals surface area contributed by atoms with Gasteiger partial charge in [0.05, 0.1) is 6.54 Å². The molecule has 0 aliphatic carbocycles. The highest BCUT2D eigenvalue weighted by atomic mass is 35.5. The highest BCUT2D eigenvalue weighted by Crippen LogP contribution is 2.20. The Morgan fingerprint density at radius 2 is 1.96 bits per heavy atom. The van der Waals surface area contributed by atoms with Gasteiger partial charge in [0.15, 0.2) is 6.10 Å². The van der Waals surface area contributed by atoms with Gasteiger partial charge >= 0.3 is 0 Å². The average Bonchev–Trinajstić information content (AvgIpc) is 2.55. The first-order chi connectivity index (χ1) is 11.5. The number of nitrogens with one attached hydrogen (secondary N) is 1. The average molecular weight is 348 g/mol. The Bertz CT molecular complexity index is 703. The molecule has 0 bridgehead atoms. The van der Waals surface area contributed by atoms with E-state index in [2.05, 4.69) is 5.32 Å². The zero-order chi connectivity index (χ0) is 17.5. The number of rotatable bonds is 7. The molecule has 0 saturated carbocycles. The molecule has 5 heteroatoms. The van der Waals surface area contributed by atoms with Crippen LogP contribution in [0, 0.1) is 13.8 Å². The number of ether oxygens (including phenoxy) is 2. The molecule has 0 aromatic heterocycles. The van der Waals surface area contributed by atoms with Crippen molar-refractivity contribution in [2.45, 2.75) is 26.9 Å². The van der Waals surface area contributed by atoms with Crippen molar-refractivity contribution in [1.82, 2.24) is 5.32 Å². The molecule has 0 heterocycles. The number of carbonyl (C=O) groups excluding carboxylic acids is 1. The van der Waals surface area contributed by atoms with Gasteiger partial charge in [-0.3, -0.25) is 4.79 Å². The smallest absolute Gasteiger partial charge is 0.260 e. The predicted molar refractivity (Wildman–Crippen MR) is 96.0 cm³/mol. The third-order valence-electron chi connectivity index (χ3n) is 3.69. The molecule has 0 fully saturated rings. The van der Waals surface area contributed by atoms with E-state index in [1.54, 1.807) is 31.2 Å². The van der Waals surface area contributed by atoms with E-state index in [9.17, 15) is 4.79 Å². The summed E-state index contributed by atoms with van der Waals surface area (Å²) >= 11 is 5.90. The summed E-state index contributed by atoms with van der Waals surface area (Å²) in [6.45, 7) is 6.57. The number of carbonyl (C=O) groups is 1. The molecule has 0 unspecified atom stereocenters. The zero-order valence-electron chi connectivity index (χ0n) is 14.1. The number of hydrogen-bond acceptors (Lipinski definition) is 3. The molecule has 1 atom stereocenters. The van der Waals surface area contributed by atoms with E-state index in [1.807, 2.05) is 32.0 Å². The maximum Gasteiger partial charge on any atom is 0.260 e. The van der Waals surface area contributed by atoms with E-state index in [1.165, 1.54) is 5.56 Å². The lowest BCUT2D eigenvalue weighted by Gasteiger charge is -2.15. The van der Waals surface area contributed by atoms with Crippen LogP contribution in [-0.2, 0) is 4.79 Å². The number of halogens is 1. The van der Waals surface area contributed by atoms with Gasteiger partial charge in [0.25, 0.3) is 5.91 Å². The summed E-state index contributed by atoms with van der Waals surface area (Å²) in [6.07, 6.45) is -0.607. The Hall–Kier alpha value is -2.20. The van der Waals surface area contributed by atoms with E-state index >= 15 is 0 Å². The molecule has 0 aliphatic rings. The zero-order valence-corrected chi connectivity index (χ0v) is 14.9. The Morgan fingerprint density at radius 3 is 2.71 bits per heavy atom. The number of amides is 1. The normalized spacial score (nSPS) is 11.7. The van der Waals surface area contributed by atoms with Crippen LogP contribution < -0.4 is 14.8 Å². The largest absolute Gasteiger partial charge is 0.491 e. The lowest BCUT2D eigenvalue weighted by Crippen LogP contribution is -2.38. The summed E-state index contributed by atoms with van der Waals surface area (Å²) in [6, 6.07) is 12.9. The maximum absolute atomic E-state index is 12.0. The quantitative estimate of drug-likeness (QED) is 0.772. The molecule has 24 heavy (non-hydrogen) atoms. The van der Waals surface area contributed by atoms with E-state index in [-0.39, 0.29) is 5.91 Å². The SMILES string of the molecule is Cc1cccc(OCCNC(=O)[C@H](C)Oc2cccc(Cl)c2)c1C. The summed E-state index contributed by atoms with van der Waals surface area (Å²) in [4.78, 5) is 12.0. The maximum atomic E-state index is 12.0. The van der Waals surface area contributed by atoms with Gasteiger partial charge in [-0.05, 0) is 56.2 Å². The fraction of sp³-hybridized carbons (Fsp3) is 0.316. The molecule has 2 aromatic rings. The van der Waals surface area contributed by atoms with Crippen LogP contribution in [0.4, 0.5) is 0 Å². The van der Waals surface area contributed by atoms with Crippen molar-refractivity contribution in [2.24, 2.45) is 0 Å². The summed E-state index contributed by atoms with van der Waals surface area (Å²) < 4.78 is 11.3. The van der Waals surface area contributed by atoms with Crippen molar-refractivity contribution in [2.75, 3.05) is 13.2 Å². The molecule has 0 spiro atoms. The lowest BCUT2D eigenvalue weighted by molar-refractivity contribution is -0.127. The van der Waals surface area contributed by atoms with E-state index in [0.717, 1.165) is 11.3 Å². The fourth-order valence-corrected chi connectivity index (χ4v) is 2.34. The number of aryl methyl sites for hydroxylation is 1. The molecule has 1 N–H and O–H groups in total. The Kier molecular flexibility index (Phi) is 6.50. The second kappa shape index (κ2) is 8.60. The van der Waals surface area contributed by atoms with E-state index in [4.69, 9.17) is 21.1 Å². The van der Waals surface area contributed by atoms with Gasteiger partial charge in [-0.1, -0.05) is 29.8 Å². The van der Waals surface area contributed by atoms with Crippen molar-refractivity contribution in [3.05, 3.63) is 58.6 Å². The molecule has 2 rings (SSSR count). The Morgan fingerprint density at radius 1 is 1.21 bits per heavy atom. The van der Waals surface area contributed by atoms with Gasteiger partial charge in [-0.25, -0.2) is 0 Å². The van der Waals surface area contributed by atoms with Crippen molar-refractivity contribution in [3.63, 3.8) is 0 Å². The van der Waals surface area contributed by atoms with Gasteiger partial charge in [0.1, 0.15) is 18.1 Å². The highest BCUT2D eigenvalue weighted by molar-refractivity contribution is 6.30. The lowest BCUT2D eigenvalue weighted by atomic mass is 10.1. The summed E-state index contributed by atoms with van der Waals surface area (Å²) in [7, 11) is 0. The molecule has 0 radical (unpaired) electrons. The number of hydrogen-bond donors (Lipinski definition) is 1. The van der Waals surface area contributed by atoms with Crippen LogP contribution in [0.3, 0.4) is 0 Å². The van der Waals surface area contributed by atoms with Crippen LogP contribution in [0.15, 0.2) is 42.5 Å². The van der Waals surface area contributed by atoms with E-state index in [0.29, 0.717) is 23.9 Å². The van der Waals surface area contributed by atoms with Gasteiger partial charge in [-0.2, -0.15) is 0 Å². The van der Waals surface area contributed by atoms with Crippen LogP contribution in [-0.4, -0.2) is 25.2 Å². The monoisotopic (exact) mass is 347 g/mol. The molecule has 0 saturated heterocycles. The minimum absolute atomic E-state index is 0.195. The van der Waals surface area contributed by atoms with Crippen LogP contribution >= 0.6 is 11.6 Å². The van der Waals surface area contributed by atoms with Crippen molar-refractivity contribution in [1.29, 1.82) is 0 Å². The highest BCUT2D eigenvalue weighted by Gasteiger charge is 2.14. The second-order valence-corrected chi connectivity index (χ2v) is 5.99. The standard InChI is InChI=1S/C19H22ClNO3/c1-13-6-4-9-18(14(13)2)23-11-10-21-19(22)15(3)24-17-8-5-7-16(20)12-17/h4-9,12,15H,10-11H2,1-3H3,(H,21,22)/t15-/m0/s1. The first-order valence-electron chi connectivity index (χ1n) is 7.86. The summed E-state index contributed by atoms with van der Waals surface area (Å²) in [5.74, 6) is 1.21. The van der Waals surface area contributed by atoms with Crippen LogP contribution in [0.2, 0.25) is 5.02 Å². The van der Waals surface area contributed by atoms with Crippen LogP contribution in [0.1, 0.15) is 18.1 Å². The van der Waals surface area contributed by atoms with Crippen LogP contribution in [0.25, 0.3) is 0 Å². The van der Waals surface area contributed by atoms with Crippen molar-refractivity contribution < 1.29 is 14.3 Å². The fourth-order valence-electron chi connectivity index (χ4n) is 2.16. The molecule has 0 aliphatic heterocycles. The summed E-state index contributed by atoms with van der Waals surface area (Å²) in [5.41, 5.74) is 2.29. The van der Waals surface area contributed by atoms with Crippen LogP contribution in [0.5, 0.6) is 11.5 Å². The minimum Gasteiger partial charge on any atom is -0.491 e. The first-order valence-corrected chi connectivity index (χ1v) is 8.24. The molecule has 1 amide bonds. The Balaban J connectivity index is 1.75.